The average Bonchev–Trinajstić information content (AvgIpc) is 2.72. The van der Waals surface area contributed by atoms with E-state index in [0.717, 1.165) is 0 Å². The van der Waals surface area contributed by atoms with Gasteiger partial charge in [0.2, 0.25) is 29.5 Å². The standard InChI is InChI=1S/C18H30N6O9S/c1-34-5-4-9(16(30)24-11(18(32)33)6-13(21)26)22-17(31)10(7-14(27)28)23-15(29)8(19)2-3-12(20)25/h8-11H,2-7,19H2,1H3,(H2,20,25)(H2,21,26)(H,22,31)(H,23,29)(H,24,30)(H,27,28)(H,32,33). The second-order valence-electron chi connectivity index (χ2n) is 7.18. The van der Waals surface area contributed by atoms with Crippen LogP contribution in [0.2, 0.25) is 0 Å². The third kappa shape index (κ3) is 12.6. The molecule has 0 aromatic rings. The molecular formula is C18H30N6O9S. The molecule has 0 spiro atoms. The van der Waals surface area contributed by atoms with E-state index in [9.17, 15) is 33.6 Å². The highest BCUT2D eigenvalue weighted by Crippen LogP contribution is 2.05. The predicted octanol–water partition coefficient (Wildman–Crippen LogP) is -3.78. The predicted molar refractivity (Wildman–Crippen MR) is 119 cm³/mol. The van der Waals surface area contributed by atoms with Gasteiger partial charge in [0, 0.05) is 6.42 Å². The molecule has 0 fully saturated rings. The Morgan fingerprint density at radius 2 is 1.29 bits per heavy atom. The van der Waals surface area contributed by atoms with E-state index in [4.69, 9.17) is 27.4 Å². The van der Waals surface area contributed by atoms with Crippen molar-refractivity contribution in [3.63, 3.8) is 0 Å². The molecule has 5 amide bonds. The molecule has 34 heavy (non-hydrogen) atoms. The molecule has 0 aliphatic rings. The summed E-state index contributed by atoms with van der Waals surface area (Å²) in [5, 5.41) is 24.8. The average molecular weight is 507 g/mol. The molecule has 0 aromatic heterocycles. The number of carbonyl (C=O) groups excluding carboxylic acids is 5. The van der Waals surface area contributed by atoms with Crippen LogP contribution in [0, 0.1) is 0 Å². The van der Waals surface area contributed by atoms with Crippen LogP contribution in [0.1, 0.15) is 32.1 Å². The van der Waals surface area contributed by atoms with Gasteiger partial charge in [-0.3, -0.25) is 28.8 Å². The number of amides is 5. The third-order valence-corrected chi connectivity index (χ3v) is 4.96. The van der Waals surface area contributed by atoms with Gasteiger partial charge in [0.1, 0.15) is 18.1 Å². The minimum atomic E-state index is -1.64. The lowest BCUT2D eigenvalue weighted by Crippen LogP contribution is -2.57. The summed E-state index contributed by atoms with van der Waals surface area (Å²) in [6.45, 7) is 0. The van der Waals surface area contributed by atoms with Gasteiger partial charge in [0.15, 0.2) is 0 Å². The van der Waals surface area contributed by atoms with Gasteiger partial charge in [0.05, 0.1) is 18.9 Å². The van der Waals surface area contributed by atoms with E-state index >= 15 is 0 Å². The van der Waals surface area contributed by atoms with Crippen molar-refractivity contribution in [3.8, 4) is 0 Å². The summed E-state index contributed by atoms with van der Waals surface area (Å²) in [5.41, 5.74) is 15.6. The fourth-order valence-corrected chi connectivity index (χ4v) is 3.01. The van der Waals surface area contributed by atoms with Crippen LogP contribution in [0.15, 0.2) is 0 Å². The Kier molecular flexibility index (Phi) is 13.9. The van der Waals surface area contributed by atoms with Gasteiger partial charge < -0.3 is 43.4 Å². The first-order valence-corrected chi connectivity index (χ1v) is 11.3. The largest absolute Gasteiger partial charge is 0.481 e. The first-order chi connectivity index (χ1) is 15.8. The first-order valence-electron chi connectivity index (χ1n) is 9.95. The lowest BCUT2D eigenvalue weighted by Gasteiger charge is -2.24. The van der Waals surface area contributed by atoms with E-state index < -0.39 is 78.5 Å². The molecule has 4 unspecified atom stereocenters. The molecule has 0 rings (SSSR count). The van der Waals surface area contributed by atoms with E-state index in [1.54, 1.807) is 6.26 Å². The van der Waals surface area contributed by atoms with E-state index in [0.29, 0.717) is 5.75 Å². The normalized spacial score (nSPS) is 14.1. The zero-order chi connectivity index (χ0) is 26.4. The van der Waals surface area contributed by atoms with Crippen molar-refractivity contribution in [2.45, 2.75) is 56.3 Å². The fourth-order valence-electron chi connectivity index (χ4n) is 2.54. The smallest absolute Gasteiger partial charge is 0.326 e. The lowest BCUT2D eigenvalue weighted by atomic mass is 10.1. The van der Waals surface area contributed by atoms with Crippen LogP contribution in [0.5, 0.6) is 0 Å². The second-order valence-corrected chi connectivity index (χ2v) is 8.17. The van der Waals surface area contributed by atoms with Gasteiger partial charge in [0.25, 0.3) is 0 Å². The SMILES string of the molecule is CSCCC(NC(=O)C(CC(=O)O)NC(=O)C(N)CCC(N)=O)C(=O)NC(CC(N)=O)C(=O)O. The molecule has 0 aliphatic heterocycles. The van der Waals surface area contributed by atoms with E-state index in [1.807, 2.05) is 0 Å². The summed E-state index contributed by atoms with van der Waals surface area (Å²) in [6.07, 6.45) is -0.158. The van der Waals surface area contributed by atoms with Crippen molar-refractivity contribution in [1.29, 1.82) is 0 Å². The summed E-state index contributed by atoms with van der Waals surface area (Å²) in [5.74, 6) is -7.21. The van der Waals surface area contributed by atoms with Gasteiger partial charge in [-0.25, -0.2) is 4.79 Å². The molecule has 16 heteroatoms. The summed E-state index contributed by atoms with van der Waals surface area (Å²) in [7, 11) is 0. The number of primary amides is 2. The minimum absolute atomic E-state index is 0.0213. The lowest BCUT2D eigenvalue weighted by molar-refractivity contribution is -0.144. The number of aliphatic carboxylic acids is 2. The fraction of sp³-hybridized carbons (Fsp3) is 0.611. The molecule has 0 bridgehead atoms. The van der Waals surface area contributed by atoms with Crippen molar-refractivity contribution < 1.29 is 43.8 Å². The number of nitrogens with two attached hydrogens (primary N) is 3. The molecule has 0 saturated heterocycles. The third-order valence-electron chi connectivity index (χ3n) is 4.31. The number of hydrogen-bond acceptors (Lipinski definition) is 9. The summed E-state index contributed by atoms with van der Waals surface area (Å²) in [6, 6.07) is -5.84. The second kappa shape index (κ2) is 15.4. The molecule has 4 atom stereocenters. The maximum atomic E-state index is 12.7. The molecule has 0 radical (unpaired) electrons. The zero-order valence-electron chi connectivity index (χ0n) is 18.4. The Morgan fingerprint density at radius 3 is 1.76 bits per heavy atom. The summed E-state index contributed by atoms with van der Waals surface area (Å²) in [4.78, 5) is 81.8. The topological polar surface area (TPSA) is 274 Å². The van der Waals surface area contributed by atoms with E-state index in [1.165, 1.54) is 11.8 Å². The first kappa shape index (κ1) is 30.6. The Labute approximate surface area is 198 Å². The van der Waals surface area contributed by atoms with Gasteiger partial charge in [-0.05, 0) is 24.9 Å². The minimum Gasteiger partial charge on any atom is -0.481 e. The maximum Gasteiger partial charge on any atom is 0.326 e. The number of thioether (sulfide) groups is 1. The molecule has 0 aromatic carbocycles. The highest BCUT2D eigenvalue weighted by molar-refractivity contribution is 7.98. The molecule has 0 heterocycles. The maximum absolute atomic E-state index is 12.7. The van der Waals surface area contributed by atoms with Gasteiger partial charge >= 0.3 is 11.9 Å². The quantitative estimate of drug-likeness (QED) is 0.0947. The van der Waals surface area contributed by atoms with Crippen LogP contribution >= 0.6 is 11.8 Å². The van der Waals surface area contributed by atoms with Gasteiger partial charge in [-0.2, -0.15) is 11.8 Å². The summed E-state index contributed by atoms with van der Waals surface area (Å²) >= 11 is 1.31. The summed E-state index contributed by atoms with van der Waals surface area (Å²) < 4.78 is 0. The van der Waals surface area contributed by atoms with E-state index in [-0.39, 0.29) is 19.3 Å². The molecular weight excluding hydrogens is 476 g/mol. The number of hydrogen-bond donors (Lipinski definition) is 8. The number of carboxylic acid groups (broad SMARTS) is 2. The molecule has 15 nitrogen and oxygen atoms in total. The molecule has 11 N–H and O–H groups in total. The molecule has 0 saturated carbocycles. The van der Waals surface area contributed by atoms with Crippen LogP contribution in [0.3, 0.4) is 0 Å². The number of rotatable bonds is 17. The molecule has 0 aliphatic carbocycles. The Bertz CT molecular complexity index is 794. The van der Waals surface area contributed by atoms with Crippen LogP contribution < -0.4 is 33.2 Å². The highest BCUT2D eigenvalue weighted by Gasteiger charge is 2.31. The van der Waals surface area contributed by atoms with Crippen molar-refractivity contribution in [2.75, 3.05) is 12.0 Å². The number of carbonyl (C=O) groups is 7. The van der Waals surface area contributed by atoms with Gasteiger partial charge in [-0.1, -0.05) is 0 Å². The van der Waals surface area contributed by atoms with Crippen molar-refractivity contribution in [3.05, 3.63) is 0 Å². The van der Waals surface area contributed by atoms with Crippen LogP contribution in [-0.4, -0.2) is 87.9 Å². The van der Waals surface area contributed by atoms with Crippen LogP contribution in [-0.2, 0) is 33.6 Å². The van der Waals surface area contributed by atoms with E-state index in [2.05, 4.69) is 16.0 Å². The molecule has 192 valence electrons. The van der Waals surface area contributed by atoms with Gasteiger partial charge in [-0.15, -0.1) is 0 Å². The van der Waals surface area contributed by atoms with Crippen molar-refractivity contribution in [2.24, 2.45) is 17.2 Å². The zero-order valence-corrected chi connectivity index (χ0v) is 19.3. The van der Waals surface area contributed by atoms with Crippen molar-refractivity contribution in [1.82, 2.24) is 16.0 Å². The number of carboxylic acids is 2. The number of nitrogens with one attached hydrogen (secondary N) is 3. The Balaban J connectivity index is 5.47. The monoisotopic (exact) mass is 506 g/mol. The Morgan fingerprint density at radius 1 is 0.765 bits per heavy atom. The Hall–Kier alpha value is -3.40. The van der Waals surface area contributed by atoms with Crippen LogP contribution in [0.4, 0.5) is 0 Å². The van der Waals surface area contributed by atoms with Crippen molar-refractivity contribution >= 4 is 53.2 Å². The highest BCUT2D eigenvalue weighted by atomic mass is 32.2. The van der Waals surface area contributed by atoms with Crippen LogP contribution in [0.25, 0.3) is 0 Å².